The number of aromatic nitrogens is 2. The average molecular weight is 186 g/mol. The molecule has 0 aliphatic heterocycles. The number of rotatable bonds is 1. The van der Waals surface area contributed by atoms with Crippen LogP contribution in [0.5, 0.6) is 0 Å². The number of ketones is 1. The molecular weight excluding hydrogens is 176 g/mol. The molecule has 0 fully saturated rings. The number of aryl methyl sites for hydroxylation is 1. The Kier molecular flexibility index (Phi) is 2.00. The van der Waals surface area contributed by atoms with E-state index in [-0.39, 0.29) is 5.78 Å². The highest BCUT2D eigenvalue weighted by Crippen LogP contribution is 2.12. The minimum absolute atomic E-state index is 0.0410. The Morgan fingerprint density at radius 1 is 1.14 bits per heavy atom. The van der Waals surface area contributed by atoms with Crippen molar-refractivity contribution in [1.82, 2.24) is 9.97 Å². The number of nitrogens with zero attached hydrogens (tertiary/aromatic N) is 2. The summed E-state index contributed by atoms with van der Waals surface area (Å²) in [6.45, 7) is 3.31. The van der Waals surface area contributed by atoms with Gasteiger partial charge in [-0.1, -0.05) is 12.1 Å². The third kappa shape index (κ3) is 1.37. The largest absolute Gasteiger partial charge is 0.293 e. The lowest BCUT2D eigenvalue weighted by Gasteiger charge is -2.02. The molecule has 0 aliphatic rings. The van der Waals surface area contributed by atoms with Gasteiger partial charge in [-0.2, -0.15) is 0 Å². The van der Waals surface area contributed by atoms with Crippen molar-refractivity contribution in [2.75, 3.05) is 0 Å². The molecule has 0 amide bonds. The zero-order valence-electron chi connectivity index (χ0n) is 8.11. The molecule has 14 heavy (non-hydrogen) atoms. The zero-order chi connectivity index (χ0) is 10.1. The first-order chi connectivity index (χ1) is 6.68. The van der Waals surface area contributed by atoms with Crippen molar-refractivity contribution in [1.29, 1.82) is 0 Å². The summed E-state index contributed by atoms with van der Waals surface area (Å²) < 4.78 is 0. The van der Waals surface area contributed by atoms with Crippen LogP contribution in [0.1, 0.15) is 23.1 Å². The minimum atomic E-state index is -0.0410. The van der Waals surface area contributed by atoms with Gasteiger partial charge in [0.2, 0.25) is 0 Å². The van der Waals surface area contributed by atoms with Crippen molar-refractivity contribution < 1.29 is 4.79 Å². The molecule has 0 saturated heterocycles. The third-order valence-electron chi connectivity index (χ3n) is 2.08. The lowest BCUT2D eigenvalue weighted by molar-refractivity contribution is 0.101. The highest BCUT2D eigenvalue weighted by molar-refractivity contribution is 5.94. The Hall–Kier alpha value is -1.77. The molecule has 1 aromatic heterocycles. The molecule has 0 saturated carbocycles. The van der Waals surface area contributed by atoms with Crippen LogP contribution in [0, 0.1) is 6.92 Å². The number of fused-ring (bicyclic) bond motifs is 1. The Morgan fingerprint density at radius 3 is 2.29 bits per heavy atom. The molecular formula is C11H10N2O. The summed E-state index contributed by atoms with van der Waals surface area (Å²) in [6.07, 6.45) is 0. The van der Waals surface area contributed by atoms with E-state index < -0.39 is 0 Å². The fourth-order valence-electron chi connectivity index (χ4n) is 1.42. The maximum atomic E-state index is 11.2. The monoisotopic (exact) mass is 186 g/mol. The quantitative estimate of drug-likeness (QED) is 0.641. The van der Waals surface area contributed by atoms with E-state index in [4.69, 9.17) is 0 Å². The number of hydrogen-bond acceptors (Lipinski definition) is 3. The average Bonchev–Trinajstić information content (AvgIpc) is 2.16. The SMILES string of the molecule is CC(=O)c1nc2ccccc2nc1C. The van der Waals surface area contributed by atoms with E-state index in [1.54, 1.807) is 6.92 Å². The fourth-order valence-corrected chi connectivity index (χ4v) is 1.42. The van der Waals surface area contributed by atoms with E-state index in [2.05, 4.69) is 9.97 Å². The van der Waals surface area contributed by atoms with Gasteiger partial charge in [0.1, 0.15) is 5.69 Å². The highest BCUT2D eigenvalue weighted by Gasteiger charge is 2.08. The van der Waals surface area contributed by atoms with E-state index in [9.17, 15) is 4.79 Å². The number of carbonyl (C=O) groups is 1. The topological polar surface area (TPSA) is 42.9 Å². The van der Waals surface area contributed by atoms with Gasteiger partial charge in [0, 0.05) is 6.92 Å². The summed E-state index contributed by atoms with van der Waals surface area (Å²) in [5.74, 6) is -0.0410. The Bertz CT molecular complexity index is 506. The molecule has 0 bridgehead atoms. The summed E-state index contributed by atoms with van der Waals surface area (Å²) >= 11 is 0. The fraction of sp³-hybridized carbons (Fsp3) is 0.182. The van der Waals surface area contributed by atoms with Crippen molar-refractivity contribution in [3.63, 3.8) is 0 Å². The van der Waals surface area contributed by atoms with Crippen LogP contribution in [0.2, 0.25) is 0 Å². The first-order valence-corrected chi connectivity index (χ1v) is 4.43. The van der Waals surface area contributed by atoms with Gasteiger partial charge in [0.05, 0.1) is 16.7 Å². The van der Waals surface area contributed by atoms with Gasteiger partial charge in [-0.15, -0.1) is 0 Å². The number of Topliss-reactive ketones (excluding diaryl/α,β-unsaturated/α-hetero) is 1. The van der Waals surface area contributed by atoms with Gasteiger partial charge >= 0.3 is 0 Å². The lowest BCUT2D eigenvalue weighted by Crippen LogP contribution is -2.03. The predicted octanol–water partition coefficient (Wildman–Crippen LogP) is 2.14. The summed E-state index contributed by atoms with van der Waals surface area (Å²) in [5, 5.41) is 0. The zero-order valence-corrected chi connectivity index (χ0v) is 8.11. The minimum Gasteiger partial charge on any atom is -0.293 e. The number of hydrogen-bond donors (Lipinski definition) is 0. The van der Waals surface area contributed by atoms with Crippen molar-refractivity contribution in [3.8, 4) is 0 Å². The van der Waals surface area contributed by atoms with E-state index in [1.165, 1.54) is 6.92 Å². The molecule has 3 nitrogen and oxygen atoms in total. The molecule has 2 aromatic rings. The van der Waals surface area contributed by atoms with E-state index in [0.29, 0.717) is 11.4 Å². The van der Waals surface area contributed by atoms with Gasteiger partial charge < -0.3 is 0 Å². The van der Waals surface area contributed by atoms with Crippen LogP contribution in [0.25, 0.3) is 11.0 Å². The molecule has 0 unspecified atom stereocenters. The van der Waals surface area contributed by atoms with Crippen LogP contribution in [0.15, 0.2) is 24.3 Å². The van der Waals surface area contributed by atoms with Crippen molar-refractivity contribution in [3.05, 3.63) is 35.7 Å². The smallest absolute Gasteiger partial charge is 0.179 e. The Morgan fingerprint density at radius 2 is 1.71 bits per heavy atom. The summed E-state index contributed by atoms with van der Waals surface area (Å²) in [7, 11) is 0. The van der Waals surface area contributed by atoms with Crippen LogP contribution in [-0.2, 0) is 0 Å². The molecule has 0 radical (unpaired) electrons. The van der Waals surface area contributed by atoms with Crippen molar-refractivity contribution in [2.24, 2.45) is 0 Å². The Labute approximate surface area is 81.8 Å². The number of benzene rings is 1. The molecule has 2 rings (SSSR count). The van der Waals surface area contributed by atoms with Gasteiger partial charge in [-0.05, 0) is 19.1 Å². The second-order valence-corrected chi connectivity index (χ2v) is 3.20. The standard InChI is InChI=1S/C11H10N2O/c1-7-11(8(2)14)13-10-6-4-3-5-9(10)12-7/h3-6H,1-2H3. The normalized spacial score (nSPS) is 10.4. The van der Waals surface area contributed by atoms with Crippen LogP contribution in [0.3, 0.4) is 0 Å². The first kappa shape index (κ1) is 8.81. The van der Waals surface area contributed by atoms with E-state index in [1.807, 2.05) is 24.3 Å². The second-order valence-electron chi connectivity index (χ2n) is 3.20. The maximum absolute atomic E-state index is 11.2. The third-order valence-corrected chi connectivity index (χ3v) is 2.08. The van der Waals surface area contributed by atoms with Gasteiger partial charge in [-0.25, -0.2) is 9.97 Å². The molecule has 1 aromatic carbocycles. The summed E-state index contributed by atoms with van der Waals surface area (Å²) in [5.41, 5.74) is 2.75. The molecule has 1 heterocycles. The van der Waals surface area contributed by atoms with E-state index >= 15 is 0 Å². The molecule has 3 heteroatoms. The lowest BCUT2D eigenvalue weighted by atomic mass is 10.2. The second kappa shape index (κ2) is 3.18. The van der Waals surface area contributed by atoms with Gasteiger partial charge in [0.15, 0.2) is 5.78 Å². The molecule has 0 N–H and O–H groups in total. The van der Waals surface area contributed by atoms with Crippen LogP contribution in [0.4, 0.5) is 0 Å². The Balaban J connectivity index is 2.77. The summed E-state index contributed by atoms with van der Waals surface area (Å²) in [6, 6.07) is 7.54. The highest BCUT2D eigenvalue weighted by atomic mass is 16.1. The van der Waals surface area contributed by atoms with Crippen LogP contribution >= 0.6 is 0 Å². The van der Waals surface area contributed by atoms with Crippen molar-refractivity contribution in [2.45, 2.75) is 13.8 Å². The first-order valence-electron chi connectivity index (χ1n) is 4.43. The van der Waals surface area contributed by atoms with Gasteiger partial charge in [-0.3, -0.25) is 4.79 Å². The predicted molar refractivity (Wildman–Crippen MR) is 54.3 cm³/mol. The molecule has 0 aliphatic carbocycles. The maximum Gasteiger partial charge on any atom is 0.179 e. The van der Waals surface area contributed by atoms with Crippen LogP contribution in [-0.4, -0.2) is 15.8 Å². The van der Waals surface area contributed by atoms with E-state index in [0.717, 1.165) is 11.0 Å². The molecule has 0 spiro atoms. The number of para-hydroxylation sites is 2. The van der Waals surface area contributed by atoms with Crippen molar-refractivity contribution >= 4 is 16.8 Å². The number of carbonyl (C=O) groups excluding carboxylic acids is 1. The van der Waals surface area contributed by atoms with Gasteiger partial charge in [0.25, 0.3) is 0 Å². The molecule has 0 atom stereocenters. The molecule has 70 valence electrons. The summed E-state index contributed by atoms with van der Waals surface area (Å²) in [4.78, 5) is 19.8. The van der Waals surface area contributed by atoms with Crippen LogP contribution < -0.4 is 0 Å².